The summed E-state index contributed by atoms with van der Waals surface area (Å²) in [6.45, 7) is 0.715. The molecule has 59 heavy (non-hydrogen) atoms. The van der Waals surface area contributed by atoms with E-state index in [1.54, 1.807) is 30.5 Å². The van der Waals surface area contributed by atoms with Crippen LogP contribution in [0.2, 0.25) is 0 Å². The van der Waals surface area contributed by atoms with Gasteiger partial charge in [-0.3, -0.25) is 38.6 Å². The van der Waals surface area contributed by atoms with Crippen molar-refractivity contribution < 1.29 is 33.6 Å². The van der Waals surface area contributed by atoms with Gasteiger partial charge in [-0.2, -0.15) is 0 Å². The molecule has 3 aromatic rings. The molecule has 3 heterocycles. The van der Waals surface area contributed by atoms with Gasteiger partial charge in [0.2, 0.25) is 41.4 Å². The summed E-state index contributed by atoms with van der Waals surface area (Å²) >= 11 is 0. The number of amides is 7. The van der Waals surface area contributed by atoms with Crippen LogP contribution in [0.15, 0.2) is 65.8 Å². The summed E-state index contributed by atoms with van der Waals surface area (Å²) in [5, 5.41) is 14.7. The molecule has 316 valence electrons. The third-order valence-corrected chi connectivity index (χ3v) is 10.6. The lowest BCUT2D eigenvalue weighted by Gasteiger charge is -2.28. The van der Waals surface area contributed by atoms with Crippen molar-refractivity contribution in [2.75, 3.05) is 19.6 Å². The van der Waals surface area contributed by atoms with Crippen molar-refractivity contribution in [2.45, 2.75) is 101 Å². The molecule has 2 fully saturated rings. The fourth-order valence-corrected chi connectivity index (χ4v) is 7.42. The molecule has 5 rings (SSSR count). The van der Waals surface area contributed by atoms with Gasteiger partial charge in [0.1, 0.15) is 30.2 Å². The van der Waals surface area contributed by atoms with Crippen LogP contribution < -0.4 is 43.8 Å². The highest BCUT2D eigenvalue weighted by atomic mass is 16.2. The molecule has 2 saturated heterocycles. The molecule has 18 heteroatoms. The first-order valence-electron chi connectivity index (χ1n) is 20.1. The number of benzene rings is 2. The third-order valence-electron chi connectivity index (χ3n) is 10.6. The van der Waals surface area contributed by atoms with Crippen molar-refractivity contribution in [3.05, 3.63) is 71.9 Å². The normalized spacial score (nSPS) is 23.3. The number of guanidine groups is 1. The number of hydrogen-bond donors (Lipinski definition) is 9. The molecule has 2 aromatic carbocycles. The van der Waals surface area contributed by atoms with Gasteiger partial charge in [0.15, 0.2) is 5.96 Å². The lowest BCUT2D eigenvalue weighted by atomic mass is 10.0. The molecule has 0 saturated carbocycles. The molecule has 0 aliphatic carbocycles. The maximum atomic E-state index is 14.3. The maximum absolute atomic E-state index is 14.3. The molecule has 0 radical (unpaired) electrons. The topological polar surface area (TPSA) is 289 Å². The predicted octanol–water partition coefficient (Wildman–Crippen LogP) is -0.497. The van der Waals surface area contributed by atoms with E-state index in [9.17, 15) is 33.6 Å². The van der Waals surface area contributed by atoms with Crippen LogP contribution in [-0.4, -0.2) is 107 Å². The van der Waals surface area contributed by atoms with Crippen molar-refractivity contribution in [3.63, 3.8) is 0 Å². The zero-order valence-corrected chi connectivity index (χ0v) is 33.0. The third kappa shape index (κ3) is 12.8. The second-order valence-corrected chi connectivity index (χ2v) is 14.9. The molecular weight excluding hydrogens is 759 g/mol. The first-order chi connectivity index (χ1) is 28.4. The Morgan fingerprint density at radius 1 is 0.729 bits per heavy atom. The predicted molar refractivity (Wildman–Crippen MR) is 220 cm³/mol. The van der Waals surface area contributed by atoms with Gasteiger partial charge in [-0.05, 0) is 62.1 Å². The quantitative estimate of drug-likeness (QED) is 0.0764. The number of nitrogens with zero attached hydrogens (tertiary/aromatic N) is 2. The van der Waals surface area contributed by atoms with Gasteiger partial charge in [0.25, 0.3) is 0 Å². The molecule has 2 aliphatic heterocycles. The minimum Gasteiger partial charge on any atom is -0.370 e. The summed E-state index contributed by atoms with van der Waals surface area (Å²) in [5.41, 5.74) is 19.0. The fraction of sp³-hybridized carbons (Fsp3) is 0.463. The number of hydrogen-bond acceptors (Lipinski definition) is 8. The molecule has 12 N–H and O–H groups in total. The number of H-pyrrole nitrogens is 1. The molecule has 5 atom stereocenters. The van der Waals surface area contributed by atoms with Gasteiger partial charge < -0.3 is 53.7 Å². The smallest absolute Gasteiger partial charge is 0.243 e. The van der Waals surface area contributed by atoms with Gasteiger partial charge in [0.05, 0.1) is 0 Å². The minimum atomic E-state index is -1.23. The molecule has 1 unspecified atom stereocenters. The molecule has 0 bridgehead atoms. The number of nitrogens with two attached hydrogens (primary N) is 3. The summed E-state index contributed by atoms with van der Waals surface area (Å²) in [5.74, 6) is -4.23. The molecule has 0 spiro atoms. The van der Waals surface area contributed by atoms with E-state index in [-0.39, 0.29) is 75.8 Å². The van der Waals surface area contributed by atoms with E-state index in [4.69, 9.17) is 17.2 Å². The van der Waals surface area contributed by atoms with Crippen LogP contribution in [0.4, 0.5) is 0 Å². The molecule has 2 aliphatic rings. The Morgan fingerprint density at radius 3 is 2.17 bits per heavy atom. The standard InChI is InChI=1S/C41H55N11O7/c42-36(55)29-14-6-7-19-45-34(53)17-18-35(54)52-21-9-16-33(52)40(59)51-31(22-25-10-2-1-3-11-25)38(57)49-30(15-8-20-46-41(43)44)37(56)50-32(39(58)48-29)23-26-24-47-28-13-5-4-12-27(26)28/h1-5,10-13,24,29-33,47H,6-9,14-23H2,(H2,42,55)(H,45,53)(H,48,58)(H,49,57)(H,50,56)(H,51,59)(H4,43,44,46)/t29-,30+,31-,32-,33?/m0/s1. The van der Waals surface area contributed by atoms with E-state index in [1.807, 2.05) is 30.3 Å². The first kappa shape index (κ1) is 43.7. The summed E-state index contributed by atoms with van der Waals surface area (Å²) in [6.07, 6.45) is 3.84. The lowest BCUT2D eigenvalue weighted by molar-refractivity contribution is -0.140. The van der Waals surface area contributed by atoms with E-state index >= 15 is 0 Å². The Bertz CT molecular complexity index is 2000. The number of carbonyl (C=O) groups is 7. The Hall–Kier alpha value is -6.46. The maximum Gasteiger partial charge on any atom is 0.243 e. The average Bonchev–Trinajstić information content (AvgIpc) is 3.88. The molecule has 7 amide bonds. The minimum absolute atomic E-state index is 0.0110. The van der Waals surface area contributed by atoms with Crippen molar-refractivity contribution >= 4 is 58.2 Å². The summed E-state index contributed by atoms with van der Waals surface area (Å²) in [6, 6.07) is 10.9. The van der Waals surface area contributed by atoms with E-state index in [0.717, 1.165) is 16.5 Å². The zero-order valence-electron chi connectivity index (χ0n) is 33.0. The zero-order chi connectivity index (χ0) is 42.3. The van der Waals surface area contributed by atoms with Crippen LogP contribution >= 0.6 is 0 Å². The number of carbonyl (C=O) groups excluding carboxylic acids is 7. The fourth-order valence-electron chi connectivity index (χ4n) is 7.42. The van der Waals surface area contributed by atoms with Crippen LogP contribution in [0.25, 0.3) is 10.9 Å². The number of nitrogens with one attached hydrogen (secondary N) is 6. The number of para-hydroxylation sites is 1. The van der Waals surface area contributed by atoms with Gasteiger partial charge in [-0.25, -0.2) is 0 Å². The summed E-state index contributed by atoms with van der Waals surface area (Å²) in [7, 11) is 0. The van der Waals surface area contributed by atoms with Gasteiger partial charge in [0, 0.05) is 62.4 Å². The monoisotopic (exact) mass is 813 g/mol. The van der Waals surface area contributed by atoms with Crippen molar-refractivity contribution in [1.29, 1.82) is 0 Å². The number of aliphatic imine (C=N–C) groups is 1. The summed E-state index contributed by atoms with van der Waals surface area (Å²) < 4.78 is 0. The molecular formula is C41H55N11O7. The van der Waals surface area contributed by atoms with Crippen molar-refractivity contribution in [3.8, 4) is 0 Å². The number of rotatable bonds is 9. The highest BCUT2D eigenvalue weighted by Gasteiger charge is 2.37. The van der Waals surface area contributed by atoms with Crippen LogP contribution in [0.1, 0.15) is 68.9 Å². The largest absolute Gasteiger partial charge is 0.370 e. The van der Waals surface area contributed by atoms with Crippen molar-refractivity contribution in [1.82, 2.24) is 36.5 Å². The van der Waals surface area contributed by atoms with Crippen LogP contribution in [0, 0.1) is 0 Å². The Labute approximate surface area is 342 Å². The second-order valence-electron chi connectivity index (χ2n) is 14.9. The van der Waals surface area contributed by atoms with E-state index in [0.29, 0.717) is 37.8 Å². The van der Waals surface area contributed by atoms with E-state index < -0.39 is 59.7 Å². The molecule has 18 nitrogen and oxygen atoms in total. The van der Waals surface area contributed by atoms with Crippen LogP contribution in [-0.2, 0) is 46.4 Å². The Kier molecular flexibility index (Phi) is 15.8. The number of aromatic nitrogens is 1. The van der Waals surface area contributed by atoms with Gasteiger partial charge in [-0.1, -0.05) is 48.5 Å². The first-order valence-corrected chi connectivity index (χ1v) is 20.1. The number of fused-ring (bicyclic) bond motifs is 2. The number of primary amides is 1. The average molecular weight is 814 g/mol. The number of aromatic amines is 1. The van der Waals surface area contributed by atoms with Crippen LogP contribution in [0.5, 0.6) is 0 Å². The highest BCUT2D eigenvalue weighted by molar-refractivity contribution is 5.97. The summed E-state index contributed by atoms with van der Waals surface area (Å²) in [4.78, 5) is 104. The Morgan fingerprint density at radius 2 is 1.41 bits per heavy atom. The van der Waals surface area contributed by atoms with Crippen molar-refractivity contribution in [2.24, 2.45) is 22.2 Å². The lowest BCUT2D eigenvalue weighted by Crippen LogP contribution is -2.59. The van der Waals surface area contributed by atoms with E-state index in [1.165, 1.54) is 4.90 Å². The molecule has 1 aromatic heterocycles. The van der Waals surface area contributed by atoms with Gasteiger partial charge in [-0.15, -0.1) is 0 Å². The van der Waals surface area contributed by atoms with Gasteiger partial charge >= 0.3 is 0 Å². The van der Waals surface area contributed by atoms with E-state index in [2.05, 4.69) is 36.6 Å². The highest BCUT2D eigenvalue weighted by Crippen LogP contribution is 2.21. The SMILES string of the molecule is NC(=O)[C@@H]1CCCCNC(=O)CCC(=O)N2CCCC2C(=O)N[C@@H](Cc2ccccc2)C(=O)N[C@H](CCCN=C(N)N)C(=O)N[C@@H](Cc2c[nH]c3ccccc23)C(=O)N1. The Balaban J connectivity index is 1.48. The van der Waals surface area contributed by atoms with Crippen LogP contribution in [0.3, 0.4) is 0 Å². The second kappa shape index (κ2) is 21.3.